The number of amides is 1. The summed E-state index contributed by atoms with van der Waals surface area (Å²) in [5, 5.41) is 7.12. The number of nitrogens with zero attached hydrogens (tertiary/aromatic N) is 2. The highest BCUT2D eigenvalue weighted by molar-refractivity contribution is 7.99. The van der Waals surface area contributed by atoms with E-state index in [1.54, 1.807) is 21.1 Å². The average Bonchev–Trinajstić information content (AvgIpc) is 3.63. The molecule has 0 spiro atoms. The highest BCUT2D eigenvalue weighted by atomic mass is 32.2. The van der Waals surface area contributed by atoms with Crippen LogP contribution >= 0.6 is 11.8 Å². The van der Waals surface area contributed by atoms with Crippen LogP contribution in [0.3, 0.4) is 0 Å². The van der Waals surface area contributed by atoms with Gasteiger partial charge >= 0.3 is 0 Å². The number of hydrogen-bond donors (Lipinski definition) is 3. The zero-order valence-electron chi connectivity index (χ0n) is 23.6. The summed E-state index contributed by atoms with van der Waals surface area (Å²) in [6.45, 7) is 1.66. The van der Waals surface area contributed by atoms with Crippen molar-refractivity contribution in [2.45, 2.75) is 23.4 Å². The number of H-pyrrole nitrogens is 1. The molecule has 5 aromatic rings. The fraction of sp³-hybridized carbons (Fsp3) is 0.167. The van der Waals surface area contributed by atoms with E-state index in [9.17, 15) is 13.2 Å². The highest BCUT2D eigenvalue weighted by Gasteiger charge is 2.18. The number of carbonyl (C=O) groups is 1. The van der Waals surface area contributed by atoms with Crippen LogP contribution in [-0.2, 0) is 14.8 Å². The molecule has 5 rings (SSSR count). The van der Waals surface area contributed by atoms with E-state index in [4.69, 9.17) is 19.0 Å². The van der Waals surface area contributed by atoms with Crippen molar-refractivity contribution in [2.24, 2.45) is 0 Å². The zero-order chi connectivity index (χ0) is 30.4. The van der Waals surface area contributed by atoms with Gasteiger partial charge in [-0.3, -0.25) is 9.52 Å². The molecule has 0 aliphatic rings. The number of nitrogens with one attached hydrogen (secondary N) is 3. The predicted molar refractivity (Wildman–Crippen MR) is 165 cm³/mol. The lowest BCUT2D eigenvalue weighted by molar-refractivity contribution is -0.115. The Balaban J connectivity index is 1.22. The molecule has 0 atom stereocenters. The molecule has 1 amide bonds. The summed E-state index contributed by atoms with van der Waals surface area (Å²) >= 11 is 1.43. The summed E-state index contributed by atoms with van der Waals surface area (Å²) in [6, 6.07) is 22.7. The summed E-state index contributed by atoms with van der Waals surface area (Å²) < 4.78 is 43.0. The molecule has 3 N–H and O–H groups in total. The first-order valence-corrected chi connectivity index (χ1v) is 15.6. The molecule has 0 radical (unpaired) electrons. The Hall–Kier alpha value is -4.75. The van der Waals surface area contributed by atoms with Gasteiger partial charge in [0.1, 0.15) is 17.3 Å². The second-order valence-corrected chi connectivity index (χ2v) is 12.1. The number of anilines is 2. The second-order valence-electron chi connectivity index (χ2n) is 9.32. The van der Waals surface area contributed by atoms with Crippen LogP contribution in [-0.4, -0.2) is 49.4 Å². The first kappa shape index (κ1) is 29.7. The fourth-order valence-electron chi connectivity index (χ4n) is 4.14. The van der Waals surface area contributed by atoms with Gasteiger partial charge in [-0.25, -0.2) is 13.4 Å². The minimum atomic E-state index is -3.85. The summed E-state index contributed by atoms with van der Waals surface area (Å²) in [7, 11) is -0.605. The minimum Gasteiger partial charge on any atom is -0.497 e. The molecule has 2 aromatic heterocycles. The van der Waals surface area contributed by atoms with Crippen molar-refractivity contribution in [1.29, 1.82) is 0 Å². The Labute approximate surface area is 253 Å². The number of imidazole rings is 1. The number of aromatic amines is 1. The van der Waals surface area contributed by atoms with E-state index in [0.717, 1.165) is 34.0 Å². The largest absolute Gasteiger partial charge is 0.497 e. The van der Waals surface area contributed by atoms with Crippen LogP contribution in [0.5, 0.6) is 11.5 Å². The topological polar surface area (TPSA) is 148 Å². The number of rotatable bonds is 12. The molecular weight excluding hydrogens is 590 g/mol. The van der Waals surface area contributed by atoms with E-state index in [1.807, 2.05) is 48.5 Å². The molecule has 11 nitrogen and oxygen atoms in total. The molecule has 0 fully saturated rings. The number of methoxy groups -OCH3 is 2. The van der Waals surface area contributed by atoms with Crippen molar-refractivity contribution in [3.63, 3.8) is 0 Å². The van der Waals surface area contributed by atoms with E-state index < -0.39 is 10.0 Å². The first-order chi connectivity index (χ1) is 20.7. The highest BCUT2D eigenvalue weighted by Crippen LogP contribution is 2.34. The van der Waals surface area contributed by atoms with Gasteiger partial charge in [0.25, 0.3) is 10.0 Å². The maximum atomic E-state index is 12.6. The van der Waals surface area contributed by atoms with Crippen LogP contribution < -0.4 is 19.5 Å². The molecular formula is C30H29N5O6S2. The molecule has 0 bridgehead atoms. The lowest BCUT2D eigenvalue weighted by atomic mass is 10.0. The van der Waals surface area contributed by atoms with Gasteiger partial charge in [0.05, 0.1) is 30.5 Å². The molecule has 0 aliphatic carbocycles. The number of benzene rings is 3. The number of aromatic nitrogens is 3. The standard InChI is InChI=1S/C30H29N5O6S2/c1-19-18-26(34-41-19)35-43(37,38)25-14-8-22(9-15-25)31-27(36)16-17-42-30-32-28(20-4-10-23(39-2)11-5-20)29(33-30)21-6-12-24(40-3)13-7-21/h4-15,18H,16-17H2,1-3H3,(H,31,36)(H,32,33)(H,34,35). The number of thioether (sulfide) groups is 1. The summed E-state index contributed by atoms with van der Waals surface area (Å²) in [6.07, 6.45) is 0.216. The molecule has 0 unspecified atom stereocenters. The first-order valence-electron chi connectivity index (χ1n) is 13.1. The average molecular weight is 620 g/mol. The smallest absolute Gasteiger partial charge is 0.263 e. The molecule has 2 heterocycles. The van der Waals surface area contributed by atoms with E-state index in [0.29, 0.717) is 22.4 Å². The van der Waals surface area contributed by atoms with Crippen molar-refractivity contribution >= 4 is 39.2 Å². The van der Waals surface area contributed by atoms with Crippen LogP contribution in [0.4, 0.5) is 11.5 Å². The van der Waals surface area contributed by atoms with Gasteiger partial charge in [-0.2, -0.15) is 0 Å². The normalized spacial score (nSPS) is 11.2. The Kier molecular flexibility index (Phi) is 9.02. The SMILES string of the molecule is COc1ccc(-c2nc(SCCC(=O)Nc3ccc(S(=O)(=O)Nc4cc(C)on4)cc3)[nH]c2-c2ccc(OC)cc2)cc1. The molecule has 3 aromatic carbocycles. The maximum absolute atomic E-state index is 12.6. The molecule has 0 aliphatic heterocycles. The van der Waals surface area contributed by atoms with E-state index in [2.05, 4.69) is 20.2 Å². The van der Waals surface area contributed by atoms with Crippen LogP contribution in [0.25, 0.3) is 22.5 Å². The van der Waals surface area contributed by atoms with E-state index in [1.165, 1.54) is 42.1 Å². The van der Waals surface area contributed by atoms with Gasteiger partial charge in [-0.05, 0) is 79.7 Å². The van der Waals surface area contributed by atoms with Gasteiger partial charge in [0.2, 0.25) is 5.91 Å². The van der Waals surface area contributed by atoms with Crippen LogP contribution in [0, 0.1) is 6.92 Å². The van der Waals surface area contributed by atoms with Gasteiger partial charge in [0.15, 0.2) is 11.0 Å². The van der Waals surface area contributed by atoms with E-state index in [-0.39, 0.29) is 23.0 Å². The van der Waals surface area contributed by atoms with Crippen molar-refractivity contribution in [3.8, 4) is 34.0 Å². The van der Waals surface area contributed by atoms with Crippen molar-refractivity contribution in [2.75, 3.05) is 30.0 Å². The Bertz CT molecular complexity index is 1730. The van der Waals surface area contributed by atoms with Crippen LogP contribution in [0.2, 0.25) is 0 Å². The van der Waals surface area contributed by atoms with Crippen LogP contribution in [0.1, 0.15) is 12.2 Å². The Morgan fingerprint density at radius 1 is 0.930 bits per heavy atom. The third-order valence-electron chi connectivity index (χ3n) is 6.31. The number of ether oxygens (including phenoxy) is 2. The monoisotopic (exact) mass is 619 g/mol. The molecule has 43 heavy (non-hydrogen) atoms. The third kappa shape index (κ3) is 7.37. The van der Waals surface area contributed by atoms with E-state index >= 15 is 0 Å². The number of aryl methyl sites for hydroxylation is 1. The second kappa shape index (κ2) is 13.0. The van der Waals surface area contributed by atoms with Gasteiger partial charge in [-0.15, -0.1) is 0 Å². The minimum absolute atomic E-state index is 0.0276. The van der Waals surface area contributed by atoms with Crippen LogP contribution in [0.15, 0.2) is 93.4 Å². The zero-order valence-corrected chi connectivity index (χ0v) is 25.2. The van der Waals surface area contributed by atoms with Gasteiger partial charge < -0.3 is 24.3 Å². The predicted octanol–water partition coefficient (Wildman–Crippen LogP) is 5.98. The van der Waals surface area contributed by atoms with Gasteiger partial charge in [-0.1, -0.05) is 16.9 Å². The van der Waals surface area contributed by atoms with Crippen molar-refractivity contribution < 1.29 is 27.2 Å². The summed E-state index contributed by atoms with van der Waals surface area (Å²) in [4.78, 5) is 20.9. The summed E-state index contributed by atoms with van der Waals surface area (Å²) in [5.41, 5.74) is 3.98. The molecule has 222 valence electrons. The number of carbonyl (C=O) groups excluding carboxylic acids is 1. The molecule has 0 saturated carbocycles. The molecule has 13 heteroatoms. The lowest BCUT2D eigenvalue weighted by Crippen LogP contribution is -2.14. The Morgan fingerprint density at radius 2 is 1.56 bits per heavy atom. The fourth-order valence-corrected chi connectivity index (χ4v) is 5.93. The number of hydrogen-bond acceptors (Lipinski definition) is 9. The van der Waals surface area contributed by atoms with Gasteiger partial charge in [0, 0.05) is 35.1 Å². The third-order valence-corrected chi connectivity index (χ3v) is 8.55. The summed E-state index contributed by atoms with van der Waals surface area (Å²) in [5.74, 6) is 2.34. The van der Waals surface area contributed by atoms with Crippen molar-refractivity contribution in [3.05, 3.63) is 84.6 Å². The van der Waals surface area contributed by atoms with Crippen molar-refractivity contribution in [1.82, 2.24) is 15.1 Å². The quantitative estimate of drug-likeness (QED) is 0.143. The lowest BCUT2D eigenvalue weighted by Gasteiger charge is -2.08. The molecule has 0 saturated heterocycles. The number of sulfonamides is 1. The Morgan fingerprint density at radius 3 is 2.14 bits per heavy atom. The maximum Gasteiger partial charge on any atom is 0.263 e.